The van der Waals surface area contributed by atoms with Crippen LogP contribution in [0.4, 0.5) is 37.7 Å². The number of alkyl halides is 6. The van der Waals surface area contributed by atoms with E-state index in [9.17, 15) is 4.79 Å². The van der Waals surface area contributed by atoms with Gasteiger partial charge in [-0.15, -0.1) is 0 Å². The van der Waals surface area contributed by atoms with Gasteiger partial charge in [-0.3, -0.25) is 0 Å². The summed E-state index contributed by atoms with van der Waals surface area (Å²) >= 11 is 0. The average Bonchev–Trinajstić information content (AvgIpc) is 3.08. The van der Waals surface area contributed by atoms with Crippen LogP contribution in [0.15, 0.2) is 60.7 Å². The topological polar surface area (TPSA) is 32.8 Å². The number of benzene rings is 3. The second-order valence-corrected chi connectivity index (χ2v) is 10.5. The van der Waals surface area contributed by atoms with Crippen LogP contribution in [0.25, 0.3) is 0 Å². The third kappa shape index (κ3) is 2.94. The third-order valence-electron chi connectivity index (χ3n) is 8.64. The van der Waals surface area contributed by atoms with Crippen molar-refractivity contribution in [3.8, 4) is 0 Å². The summed E-state index contributed by atoms with van der Waals surface area (Å²) in [5, 5.41) is 0. The molecule has 0 saturated carbocycles. The van der Waals surface area contributed by atoms with E-state index in [4.69, 9.17) is 4.74 Å². The fraction of sp³-hybridized carbons (Fsp3) is 0.345. The minimum Gasteiger partial charge on any atom is -0.441 e. The molecule has 0 radical (unpaired) electrons. The second-order valence-electron chi connectivity index (χ2n) is 10.5. The maximum absolute atomic E-state index is 15.3. The summed E-state index contributed by atoms with van der Waals surface area (Å²) in [7, 11) is 0. The molecule has 1 aliphatic carbocycles. The van der Waals surface area contributed by atoms with Crippen LogP contribution >= 0.6 is 0 Å². The van der Waals surface area contributed by atoms with Crippen LogP contribution < -0.4 is 9.80 Å². The van der Waals surface area contributed by atoms with E-state index in [1.54, 1.807) is 21.9 Å². The highest BCUT2D eigenvalue weighted by Gasteiger charge is 2.77. The highest BCUT2D eigenvalue weighted by atomic mass is 19.4. The quantitative estimate of drug-likeness (QED) is 0.280. The Kier molecular flexibility index (Phi) is 4.81. The van der Waals surface area contributed by atoms with E-state index < -0.39 is 40.5 Å². The Morgan fingerprint density at radius 2 is 1.13 bits per heavy atom. The zero-order valence-corrected chi connectivity index (χ0v) is 20.5. The van der Waals surface area contributed by atoms with Crippen LogP contribution in [-0.2, 0) is 15.8 Å². The van der Waals surface area contributed by atoms with Gasteiger partial charge < -0.3 is 14.5 Å². The van der Waals surface area contributed by atoms with Gasteiger partial charge in [-0.2, -0.15) is 26.3 Å². The Labute approximate surface area is 219 Å². The van der Waals surface area contributed by atoms with Gasteiger partial charge in [0.1, 0.15) is 0 Å². The molecular formula is C29H22F6N2O2. The van der Waals surface area contributed by atoms with Crippen molar-refractivity contribution >= 4 is 17.3 Å². The number of hydrogen-bond acceptors (Lipinski definition) is 4. The highest BCUT2D eigenvalue weighted by molar-refractivity contribution is 5.97. The van der Waals surface area contributed by atoms with Crippen LogP contribution in [0.5, 0.6) is 0 Å². The van der Waals surface area contributed by atoms with E-state index in [0.29, 0.717) is 26.2 Å². The number of esters is 1. The fourth-order valence-electron chi connectivity index (χ4n) is 6.52. The molecule has 39 heavy (non-hydrogen) atoms. The Bertz CT molecular complexity index is 1440. The number of carbonyl (C=O) groups is 1. The molecule has 0 amide bonds. The molecule has 0 bridgehead atoms. The summed E-state index contributed by atoms with van der Waals surface area (Å²) in [6.07, 6.45) is -9.92. The normalized spacial score (nSPS) is 20.5. The maximum Gasteiger partial charge on any atom is 0.411 e. The Morgan fingerprint density at radius 3 is 1.56 bits per heavy atom. The van der Waals surface area contributed by atoms with Crippen molar-refractivity contribution in [3.05, 3.63) is 94.0 Å². The third-order valence-corrected chi connectivity index (χ3v) is 8.64. The zero-order chi connectivity index (χ0) is 27.4. The molecule has 0 unspecified atom stereocenters. The van der Waals surface area contributed by atoms with E-state index in [-0.39, 0.29) is 33.6 Å². The van der Waals surface area contributed by atoms with E-state index in [1.165, 1.54) is 36.4 Å². The summed E-state index contributed by atoms with van der Waals surface area (Å²) in [5.41, 5.74) is -7.98. The van der Waals surface area contributed by atoms with Gasteiger partial charge >= 0.3 is 18.3 Å². The molecule has 0 N–H and O–H groups in total. The van der Waals surface area contributed by atoms with Gasteiger partial charge in [-0.25, -0.2) is 4.79 Å². The van der Waals surface area contributed by atoms with Crippen molar-refractivity contribution in [2.75, 3.05) is 36.0 Å². The van der Waals surface area contributed by atoms with Gasteiger partial charge in [0.2, 0.25) is 5.41 Å². The summed E-state index contributed by atoms with van der Waals surface area (Å²) in [4.78, 5) is 16.6. The molecule has 202 valence electrons. The van der Waals surface area contributed by atoms with Crippen LogP contribution in [0.3, 0.4) is 0 Å². The second kappa shape index (κ2) is 7.70. The van der Waals surface area contributed by atoms with Gasteiger partial charge in [0.15, 0.2) is 5.60 Å². The van der Waals surface area contributed by atoms with Crippen molar-refractivity contribution < 1.29 is 35.9 Å². The zero-order valence-electron chi connectivity index (χ0n) is 20.5. The van der Waals surface area contributed by atoms with Gasteiger partial charge in [0.25, 0.3) is 0 Å². The van der Waals surface area contributed by atoms with E-state index in [2.05, 4.69) is 0 Å². The molecular weight excluding hydrogens is 522 g/mol. The average molecular weight is 544 g/mol. The van der Waals surface area contributed by atoms with Gasteiger partial charge in [-0.05, 0) is 54.3 Å². The van der Waals surface area contributed by atoms with Gasteiger partial charge in [0.05, 0.1) is 5.56 Å². The number of ether oxygens (including phenoxy) is 1. The number of rotatable bonds is 2. The number of carbonyl (C=O) groups excluding carboxylic acids is 1. The molecule has 0 atom stereocenters. The summed E-state index contributed by atoms with van der Waals surface area (Å²) in [6.45, 7) is 2.12. The first-order chi connectivity index (χ1) is 18.5. The van der Waals surface area contributed by atoms with Crippen molar-refractivity contribution in [1.82, 2.24) is 0 Å². The van der Waals surface area contributed by atoms with Crippen LogP contribution in [0.1, 0.15) is 51.0 Å². The molecule has 3 aromatic carbocycles. The number of hydrogen-bond donors (Lipinski definition) is 0. The Balaban J connectivity index is 1.64. The lowest BCUT2D eigenvalue weighted by Crippen LogP contribution is -2.59. The van der Waals surface area contributed by atoms with E-state index in [1.807, 2.05) is 0 Å². The molecule has 1 spiro atoms. The molecule has 2 saturated heterocycles. The lowest BCUT2D eigenvalue weighted by atomic mass is 9.59. The summed E-state index contributed by atoms with van der Waals surface area (Å²) in [6, 6.07) is 13.8. The molecule has 0 aromatic heterocycles. The predicted octanol–water partition coefficient (Wildman–Crippen LogP) is 6.29. The highest BCUT2D eigenvalue weighted by Crippen LogP contribution is 2.66. The Hall–Kier alpha value is -3.69. The lowest BCUT2D eigenvalue weighted by molar-refractivity contribution is -0.290. The molecule has 4 aliphatic rings. The molecule has 3 heterocycles. The van der Waals surface area contributed by atoms with Crippen molar-refractivity contribution in [2.45, 2.75) is 36.2 Å². The molecule has 7 rings (SSSR count). The largest absolute Gasteiger partial charge is 0.441 e. The van der Waals surface area contributed by atoms with Crippen molar-refractivity contribution in [2.24, 2.45) is 0 Å². The van der Waals surface area contributed by atoms with Crippen molar-refractivity contribution in [3.63, 3.8) is 0 Å². The minimum absolute atomic E-state index is 0.111. The van der Waals surface area contributed by atoms with Crippen LogP contribution in [0.2, 0.25) is 0 Å². The first kappa shape index (κ1) is 24.4. The summed E-state index contributed by atoms with van der Waals surface area (Å²) in [5.74, 6) is -0.798. The van der Waals surface area contributed by atoms with E-state index in [0.717, 1.165) is 25.0 Å². The van der Waals surface area contributed by atoms with E-state index >= 15 is 26.3 Å². The van der Waals surface area contributed by atoms with Crippen molar-refractivity contribution in [1.29, 1.82) is 0 Å². The SMILES string of the molecule is O=C1OC2(c3ccccc31)c1ccc(N3CCC3)cc1C(C(F)(F)F)(C(F)(F)F)c1cc(N3CCC3)ccc12. The number of fused-ring (bicyclic) bond motifs is 6. The molecule has 10 heteroatoms. The monoisotopic (exact) mass is 544 g/mol. The minimum atomic E-state index is -5.75. The number of halogens is 6. The molecule has 3 aliphatic heterocycles. The van der Waals surface area contributed by atoms with Gasteiger partial charge in [-0.1, -0.05) is 30.3 Å². The number of nitrogens with zero attached hydrogens (tertiary/aromatic N) is 2. The molecule has 2 fully saturated rings. The lowest BCUT2D eigenvalue weighted by Gasteiger charge is -2.49. The number of anilines is 2. The first-order valence-corrected chi connectivity index (χ1v) is 12.8. The van der Waals surface area contributed by atoms with Gasteiger partial charge in [0, 0.05) is 54.2 Å². The smallest absolute Gasteiger partial charge is 0.411 e. The predicted molar refractivity (Wildman–Crippen MR) is 131 cm³/mol. The summed E-state index contributed by atoms with van der Waals surface area (Å²) < 4.78 is 97.7. The van der Waals surface area contributed by atoms with Crippen LogP contribution in [-0.4, -0.2) is 44.5 Å². The molecule has 4 nitrogen and oxygen atoms in total. The standard InChI is InChI=1S/C29H22F6N2O2/c30-28(31,32)27(29(33,34)35)23-15-17(36-11-3-12-36)7-9-21(23)26(20-6-2-1-5-19(20)25(38)39-26)22-10-8-18(16-24(22)27)37-13-4-14-37/h1-2,5-10,15-16H,3-4,11-14H2. The molecule has 3 aromatic rings. The first-order valence-electron chi connectivity index (χ1n) is 12.8. The van der Waals surface area contributed by atoms with Crippen LogP contribution in [0, 0.1) is 0 Å². The maximum atomic E-state index is 15.3. The Morgan fingerprint density at radius 1 is 0.641 bits per heavy atom. The fourth-order valence-corrected chi connectivity index (χ4v) is 6.52.